The first-order valence-electron chi connectivity index (χ1n) is 26.9. The minimum Gasteiger partial charge on any atom is -0.508 e. The van der Waals surface area contributed by atoms with Gasteiger partial charge in [-0.3, -0.25) is 43.2 Å². The Labute approximate surface area is 495 Å². The molecule has 1 saturated heterocycles. The lowest BCUT2D eigenvalue weighted by Gasteiger charge is -2.34. The molecule has 1 aliphatic rings. The van der Waals surface area contributed by atoms with Crippen LogP contribution in [0.3, 0.4) is 0 Å². The van der Waals surface area contributed by atoms with Gasteiger partial charge in [-0.15, -0.1) is 0 Å². The second kappa shape index (κ2) is 33.6. The molecule has 0 aliphatic carbocycles. The number of aliphatic hydroxyl groups is 1. The van der Waals surface area contributed by atoms with Crippen LogP contribution in [0.1, 0.15) is 72.6 Å². The molecule has 23 nitrogen and oxygen atoms in total. The molecule has 16 N–H and O–H groups in total. The molecule has 0 bridgehead atoms. The van der Waals surface area contributed by atoms with Crippen LogP contribution in [0.25, 0.3) is 0 Å². The van der Waals surface area contributed by atoms with Crippen LogP contribution >= 0.6 is 33.2 Å². The van der Waals surface area contributed by atoms with Crippen molar-refractivity contribution in [3.8, 4) is 11.5 Å². The molecule has 0 aromatic heterocycles. The maximum atomic E-state index is 15.0. The van der Waals surface area contributed by atoms with Crippen LogP contribution in [0, 0.1) is 0 Å². The summed E-state index contributed by atoms with van der Waals surface area (Å²) in [5, 5.41) is 45.1. The summed E-state index contributed by atoms with van der Waals surface area (Å²) in [4.78, 5) is 129. The third-order valence-corrected chi connectivity index (χ3v) is 16.1. The average Bonchev–Trinajstić information content (AvgIpc) is 3.53. The second-order valence-electron chi connectivity index (χ2n) is 19.6. The van der Waals surface area contributed by atoms with Crippen molar-refractivity contribution >= 4 is 86.4 Å². The third kappa shape index (κ3) is 21.1. The Hall–Kier alpha value is -7.42. The van der Waals surface area contributed by atoms with Gasteiger partial charge in [0.1, 0.15) is 53.8 Å². The highest BCUT2D eigenvalue weighted by atomic mass is 35.5. The quantitative estimate of drug-likeness (QED) is 0.0459. The van der Waals surface area contributed by atoms with E-state index in [2.05, 4.69) is 26.6 Å². The number of carbonyl (C=O) groups is 9. The van der Waals surface area contributed by atoms with Gasteiger partial charge in [0.2, 0.25) is 53.2 Å². The second-order valence-corrected chi connectivity index (χ2v) is 22.6. The van der Waals surface area contributed by atoms with Crippen LogP contribution in [0.4, 0.5) is 0 Å². The number of hydrogen-bond acceptors (Lipinski definition) is 16. The number of nitrogens with zero attached hydrogens (tertiary/aromatic N) is 2. The number of nitrogens with two attached hydrogens (primary N) is 4. The van der Waals surface area contributed by atoms with Crippen molar-refractivity contribution in [1.82, 2.24) is 36.4 Å². The first-order chi connectivity index (χ1) is 39.4. The van der Waals surface area contributed by atoms with Gasteiger partial charge in [-0.05, 0) is 110 Å². The predicted octanol–water partition coefficient (Wildman–Crippen LogP) is 0.942. The molecule has 450 valence electrons. The zero-order valence-electron chi connectivity index (χ0n) is 46.9. The number of phenolic OH excluding ortho intramolecular Hbond substituents is 2. The molecule has 5 rings (SSSR count). The third-order valence-electron chi connectivity index (χ3n) is 13.4. The Bertz CT molecular complexity index is 2840. The zero-order valence-corrected chi connectivity index (χ0v) is 49.3. The number of aromatic hydroxyl groups is 2. The number of primary amides is 2. The lowest BCUT2D eigenvalue weighted by Crippen LogP contribution is -2.62. The largest absolute Gasteiger partial charge is 0.508 e. The first-order valence-corrected chi connectivity index (χ1v) is 29.7. The molecule has 4 aromatic rings. The van der Waals surface area contributed by atoms with Crippen molar-refractivity contribution < 1.29 is 58.5 Å². The molecule has 26 heteroatoms. The standard InChI is InChI=1S/C55H70ClN11O12S2.C2H6/c1-30(68)46-53(77)64-43(51(75)62-41(48(60)72)25-33-11-19-37(69)20-12-33)28-80-81-29-44(65-49(73)39(58)24-31-9-17-36(56)18-10-31)55(79)66(2)45(27-34-13-21-38(70)22-14-34)52(76)63-42(26-32-7-15-35(16-8-32)47(59)71)50(74)61-40(6-4-5-23-57)54(78)67(46)3;1-2/h7-22,30,39-46,68-70H,4-6,23-29,57-58H2,1-3H3,(H2,59,71)(H2,60,72)(H,61,74)(H,62,75)(H,63,76)(H,64,77)(H,65,73);1-2H3/t30-,39+,40+,41-,42-,43+,44-,45+,46+;/m1./s1. The molecular weight excluding hydrogens is 1130 g/mol. The molecule has 9 amide bonds. The van der Waals surface area contributed by atoms with Crippen LogP contribution in [0.5, 0.6) is 11.5 Å². The highest BCUT2D eigenvalue weighted by Crippen LogP contribution is 2.26. The number of halogens is 1. The summed E-state index contributed by atoms with van der Waals surface area (Å²) in [6.07, 6.45) is -1.50. The van der Waals surface area contributed by atoms with E-state index in [0.29, 0.717) is 33.7 Å². The number of amides is 9. The van der Waals surface area contributed by atoms with Crippen LogP contribution < -0.4 is 49.5 Å². The fraction of sp³-hybridized carbons (Fsp3) is 0.421. The molecule has 0 saturated carbocycles. The van der Waals surface area contributed by atoms with Gasteiger partial charge < -0.3 is 74.6 Å². The summed E-state index contributed by atoms with van der Waals surface area (Å²) in [6.45, 7) is 5.45. The normalized spacial score (nSPS) is 20.7. The van der Waals surface area contributed by atoms with Crippen molar-refractivity contribution in [3.05, 3.63) is 130 Å². The van der Waals surface area contributed by atoms with E-state index < -0.39 is 108 Å². The van der Waals surface area contributed by atoms with Gasteiger partial charge >= 0.3 is 0 Å². The van der Waals surface area contributed by atoms with Crippen LogP contribution in [-0.2, 0) is 64.0 Å². The van der Waals surface area contributed by atoms with E-state index in [4.69, 9.17) is 34.5 Å². The van der Waals surface area contributed by atoms with Crippen molar-refractivity contribution in [1.29, 1.82) is 0 Å². The molecule has 1 heterocycles. The smallest absolute Gasteiger partial charge is 0.248 e. The van der Waals surface area contributed by atoms with E-state index >= 15 is 9.59 Å². The molecule has 4 aromatic carbocycles. The number of carbonyl (C=O) groups excluding carboxylic acids is 9. The van der Waals surface area contributed by atoms with E-state index in [1.54, 1.807) is 24.3 Å². The molecule has 1 aliphatic heterocycles. The molecule has 83 heavy (non-hydrogen) atoms. The number of unbranched alkanes of at least 4 members (excludes halogenated alkanes) is 1. The molecule has 0 unspecified atom stereocenters. The lowest BCUT2D eigenvalue weighted by atomic mass is 9.99. The molecular formula is C57H76ClN11O12S2. The highest BCUT2D eigenvalue weighted by molar-refractivity contribution is 8.76. The average molecular weight is 1210 g/mol. The molecule has 9 atom stereocenters. The Morgan fingerprint density at radius 1 is 0.687 bits per heavy atom. The van der Waals surface area contributed by atoms with Gasteiger partial charge in [-0.2, -0.15) is 0 Å². The fourth-order valence-electron chi connectivity index (χ4n) is 8.76. The first kappa shape index (κ1) is 68.1. The van der Waals surface area contributed by atoms with Gasteiger partial charge in [0.05, 0.1) is 12.1 Å². The summed E-state index contributed by atoms with van der Waals surface area (Å²) >= 11 is 6.09. The minimum atomic E-state index is -1.71. The number of nitrogens with one attached hydrogen (secondary N) is 5. The van der Waals surface area contributed by atoms with Gasteiger partial charge in [-0.25, -0.2) is 0 Å². The maximum Gasteiger partial charge on any atom is 0.248 e. The zero-order chi connectivity index (χ0) is 61.5. The van der Waals surface area contributed by atoms with E-state index in [1.807, 2.05) is 13.8 Å². The van der Waals surface area contributed by atoms with Crippen LogP contribution in [-0.4, -0.2) is 165 Å². The van der Waals surface area contributed by atoms with E-state index in [0.717, 1.165) is 31.4 Å². The fourth-order valence-corrected chi connectivity index (χ4v) is 11.2. The van der Waals surface area contributed by atoms with Gasteiger partial charge in [0.25, 0.3) is 0 Å². The summed E-state index contributed by atoms with van der Waals surface area (Å²) < 4.78 is 0. The number of phenols is 2. The maximum absolute atomic E-state index is 15.0. The van der Waals surface area contributed by atoms with Crippen molar-refractivity contribution in [2.45, 2.75) is 120 Å². The Morgan fingerprint density at radius 2 is 1.22 bits per heavy atom. The Morgan fingerprint density at radius 3 is 1.78 bits per heavy atom. The number of hydrogen-bond donors (Lipinski definition) is 12. The molecule has 1 fully saturated rings. The van der Waals surface area contributed by atoms with Crippen molar-refractivity contribution in [3.63, 3.8) is 0 Å². The van der Waals surface area contributed by atoms with Crippen LogP contribution in [0.15, 0.2) is 97.1 Å². The topological polar surface area (TPSA) is 385 Å². The molecule has 0 radical (unpaired) electrons. The number of aliphatic hydroxyl groups excluding tert-OH is 1. The number of likely N-dealkylation sites (N-methyl/N-ethyl adjacent to an activating group) is 2. The van der Waals surface area contributed by atoms with E-state index in [9.17, 15) is 48.9 Å². The van der Waals surface area contributed by atoms with Gasteiger partial charge in [0.15, 0.2) is 0 Å². The van der Waals surface area contributed by atoms with E-state index in [-0.39, 0.29) is 73.6 Å². The lowest BCUT2D eigenvalue weighted by molar-refractivity contribution is -0.146. The van der Waals surface area contributed by atoms with Crippen molar-refractivity contribution in [2.75, 3.05) is 32.1 Å². The van der Waals surface area contributed by atoms with Gasteiger partial charge in [-0.1, -0.05) is 95.6 Å². The minimum absolute atomic E-state index is 0.0277. The van der Waals surface area contributed by atoms with Crippen molar-refractivity contribution in [2.24, 2.45) is 22.9 Å². The summed E-state index contributed by atoms with van der Waals surface area (Å²) in [5.74, 6) is -8.46. The number of benzene rings is 4. The Balaban J connectivity index is 0.00000731. The monoisotopic (exact) mass is 1210 g/mol. The summed E-state index contributed by atoms with van der Waals surface area (Å²) in [7, 11) is 4.49. The van der Waals surface area contributed by atoms with Gasteiger partial charge in [0, 0.05) is 55.4 Å². The SMILES string of the molecule is CC.C[C@@H](O)[C@H]1C(=O)N[C@H](C(=O)N[C@H](Cc2ccc(O)cc2)C(N)=O)CSSC[C@@H](NC(=O)[C@@H](N)Cc2ccc(Cl)cc2)C(=O)N(C)[C@@H](Cc2ccc(O)cc2)C(=O)N[C@H](Cc2ccc(C(N)=O)cc2)C(=O)N[C@@H](CCCCN)C(=O)N1C. The van der Waals surface area contributed by atoms with E-state index in [1.165, 1.54) is 93.8 Å². The Kier molecular flexibility index (Phi) is 27.6. The highest BCUT2D eigenvalue weighted by Gasteiger charge is 2.40. The summed E-state index contributed by atoms with van der Waals surface area (Å²) in [6, 6.07) is 12.5. The predicted molar refractivity (Wildman–Crippen MR) is 318 cm³/mol. The molecule has 0 spiro atoms. The number of rotatable bonds is 19. The summed E-state index contributed by atoms with van der Waals surface area (Å²) in [5.41, 5.74) is 25.7. The van der Waals surface area contributed by atoms with Crippen LogP contribution in [0.2, 0.25) is 5.02 Å².